The molecule has 0 saturated heterocycles. The molecule has 6 heteroatoms. The first-order valence-corrected chi connectivity index (χ1v) is 8.72. The molecule has 0 spiro atoms. The molecule has 3 aromatic heterocycles. The van der Waals surface area contributed by atoms with Gasteiger partial charge in [-0.15, -0.1) is 0 Å². The summed E-state index contributed by atoms with van der Waals surface area (Å²) in [5.41, 5.74) is 5.67. The van der Waals surface area contributed by atoms with E-state index in [0.717, 1.165) is 39.6 Å². The van der Waals surface area contributed by atoms with Crippen LogP contribution < -0.4 is 0 Å². The lowest BCUT2D eigenvalue weighted by Gasteiger charge is -2.09. The molecule has 0 radical (unpaired) electrons. The highest BCUT2D eigenvalue weighted by Gasteiger charge is 2.12. The van der Waals surface area contributed by atoms with Crippen LogP contribution >= 0.6 is 0 Å². The number of nitro benzene ring substituents is 1. The Morgan fingerprint density at radius 2 is 1.46 bits per heavy atom. The Balaban J connectivity index is 1.88. The fraction of sp³-hybridized carbons (Fsp3) is 0.0455. The van der Waals surface area contributed by atoms with Crippen LogP contribution in [0.1, 0.15) is 5.69 Å². The molecule has 0 aliphatic carbocycles. The Morgan fingerprint density at radius 1 is 0.750 bits per heavy atom. The Bertz CT molecular complexity index is 1140. The van der Waals surface area contributed by atoms with E-state index >= 15 is 0 Å². The Hall–Kier alpha value is -3.93. The minimum Gasteiger partial charge on any atom is -0.258 e. The van der Waals surface area contributed by atoms with Crippen LogP contribution in [0.15, 0.2) is 79.0 Å². The maximum absolute atomic E-state index is 10.9. The van der Waals surface area contributed by atoms with Gasteiger partial charge in [0.1, 0.15) is 0 Å². The van der Waals surface area contributed by atoms with Gasteiger partial charge in [-0.1, -0.05) is 12.1 Å². The van der Waals surface area contributed by atoms with Crippen LogP contribution in [0.5, 0.6) is 0 Å². The van der Waals surface area contributed by atoms with Crippen LogP contribution in [0, 0.1) is 17.0 Å². The van der Waals surface area contributed by atoms with E-state index in [4.69, 9.17) is 4.98 Å². The second-order valence-corrected chi connectivity index (χ2v) is 6.31. The molecule has 0 atom stereocenters. The number of rotatable bonds is 4. The molecule has 0 fully saturated rings. The van der Waals surface area contributed by atoms with E-state index in [9.17, 15) is 10.1 Å². The molecule has 0 amide bonds. The van der Waals surface area contributed by atoms with E-state index < -0.39 is 4.92 Å². The highest BCUT2D eigenvalue weighted by molar-refractivity contribution is 5.75. The van der Waals surface area contributed by atoms with Crippen LogP contribution in [-0.4, -0.2) is 19.9 Å². The number of aryl methyl sites for hydroxylation is 1. The van der Waals surface area contributed by atoms with Gasteiger partial charge in [0.05, 0.1) is 27.7 Å². The second kappa shape index (κ2) is 7.36. The number of pyridine rings is 3. The van der Waals surface area contributed by atoms with Crippen molar-refractivity contribution in [3.63, 3.8) is 0 Å². The summed E-state index contributed by atoms with van der Waals surface area (Å²) in [5, 5.41) is 10.9. The van der Waals surface area contributed by atoms with Crippen LogP contribution in [0.3, 0.4) is 0 Å². The quantitative estimate of drug-likeness (QED) is 0.370. The van der Waals surface area contributed by atoms with Crippen molar-refractivity contribution in [2.75, 3.05) is 0 Å². The van der Waals surface area contributed by atoms with Crippen LogP contribution in [0.25, 0.3) is 33.9 Å². The highest BCUT2D eigenvalue weighted by atomic mass is 16.6. The Morgan fingerprint density at radius 3 is 2.11 bits per heavy atom. The Kier molecular flexibility index (Phi) is 4.60. The number of nitrogens with zero attached hydrogens (tertiary/aromatic N) is 4. The molecular formula is C22H16N4O2. The molecule has 0 N–H and O–H groups in total. The fourth-order valence-electron chi connectivity index (χ4n) is 2.94. The van der Waals surface area contributed by atoms with Gasteiger partial charge in [0.2, 0.25) is 0 Å². The SMILES string of the molecule is Cc1cccc(-c2cc(-c3ccc([N+](=O)[O-])cc3)cc(-c3ccccn3)n2)n1. The molecular weight excluding hydrogens is 352 g/mol. The van der Waals surface area contributed by atoms with Crippen molar-refractivity contribution in [3.8, 4) is 33.9 Å². The fourth-order valence-corrected chi connectivity index (χ4v) is 2.94. The molecule has 3 heterocycles. The molecule has 0 unspecified atom stereocenters. The number of hydrogen-bond donors (Lipinski definition) is 0. The van der Waals surface area contributed by atoms with Gasteiger partial charge in [-0.3, -0.25) is 20.1 Å². The Labute approximate surface area is 161 Å². The van der Waals surface area contributed by atoms with Gasteiger partial charge in [-0.2, -0.15) is 0 Å². The average molecular weight is 368 g/mol. The van der Waals surface area contributed by atoms with E-state index in [1.54, 1.807) is 18.3 Å². The molecule has 1 aromatic carbocycles. The number of benzene rings is 1. The third-order valence-corrected chi connectivity index (χ3v) is 4.31. The molecule has 136 valence electrons. The maximum Gasteiger partial charge on any atom is 0.269 e. The predicted molar refractivity (Wildman–Crippen MR) is 108 cm³/mol. The van der Waals surface area contributed by atoms with Gasteiger partial charge in [-0.05, 0) is 66.6 Å². The van der Waals surface area contributed by atoms with Crippen molar-refractivity contribution in [2.24, 2.45) is 0 Å². The van der Waals surface area contributed by atoms with Crippen molar-refractivity contribution in [1.82, 2.24) is 15.0 Å². The molecule has 28 heavy (non-hydrogen) atoms. The van der Waals surface area contributed by atoms with Gasteiger partial charge in [-0.25, -0.2) is 4.98 Å². The standard InChI is InChI=1S/C22H16N4O2/c1-15-5-4-7-20(24-15)22-14-17(16-8-10-18(11-9-16)26(27)28)13-21(25-22)19-6-2-3-12-23-19/h2-14H,1H3. The van der Waals surface area contributed by atoms with E-state index in [-0.39, 0.29) is 5.69 Å². The summed E-state index contributed by atoms with van der Waals surface area (Å²) in [4.78, 5) is 24.3. The van der Waals surface area contributed by atoms with Crippen molar-refractivity contribution >= 4 is 5.69 Å². The lowest BCUT2D eigenvalue weighted by molar-refractivity contribution is -0.384. The van der Waals surface area contributed by atoms with E-state index in [2.05, 4.69) is 9.97 Å². The number of non-ortho nitro benzene ring substituents is 1. The van der Waals surface area contributed by atoms with Gasteiger partial charge >= 0.3 is 0 Å². The smallest absolute Gasteiger partial charge is 0.258 e. The molecule has 0 bridgehead atoms. The number of nitro groups is 1. The van der Waals surface area contributed by atoms with E-state index in [0.29, 0.717) is 0 Å². The molecule has 4 rings (SSSR count). The zero-order valence-electron chi connectivity index (χ0n) is 15.1. The summed E-state index contributed by atoms with van der Waals surface area (Å²) in [6.07, 6.45) is 1.72. The first kappa shape index (κ1) is 17.5. The van der Waals surface area contributed by atoms with Gasteiger partial charge < -0.3 is 0 Å². The average Bonchev–Trinajstić information content (AvgIpc) is 2.74. The lowest BCUT2D eigenvalue weighted by Crippen LogP contribution is -1.95. The summed E-state index contributed by atoms with van der Waals surface area (Å²) < 4.78 is 0. The minimum atomic E-state index is -0.405. The lowest BCUT2D eigenvalue weighted by atomic mass is 10.0. The maximum atomic E-state index is 10.9. The molecule has 0 aliphatic heterocycles. The number of hydrogen-bond acceptors (Lipinski definition) is 5. The summed E-state index contributed by atoms with van der Waals surface area (Å²) in [5.74, 6) is 0. The zero-order chi connectivity index (χ0) is 19.5. The summed E-state index contributed by atoms with van der Waals surface area (Å²) in [6.45, 7) is 1.93. The normalized spacial score (nSPS) is 10.6. The van der Waals surface area contributed by atoms with Crippen LogP contribution in [0.2, 0.25) is 0 Å². The van der Waals surface area contributed by atoms with Crippen molar-refractivity contribution in [3.05, 3.63) is 94.8 Å². The minimum absolute atomic E-state index is 0.0586. The van der Waals surface area contributed by atoms with Crippen molar-refractivity contribution in [1.29, 1.82) is 0 Å². The molecule has 0 aliphatic rings. The molecule has 0 saturated carbocycles. The second-order valence-electron chi connectivity index (χ2n) is 6.31. The predicted octanol–water partition coefficient (Wildman–Crippen LogP) is 5.09. The summed E-state index contributed by atoms with van der Waals surface area (Å²) >= 11 is 0. The third-order valence-electron chi connectivity index (χ3n) is 4.31. The zero-order valence-corrected chi connectivity index (χ0v) is 15.1. The third kappa shape index (κ3) is 3.61. The van der Waals surface area contributed by atoms with Crippen LogP contribution in [0.4, 0.5) is 5.69 Å². The first-order valence-electron chi connectivity index (χ1n) is 8.72. The van der Waals surface area contributed by atoms with Gasteiger partial charge in [0.25, 0.3) is 5.69 Å². The topological polar surface area (TPSA) is 81.8 Å². The monoisotopic (exact) mass is 368 g/mol. The summed E-state index contributed by atoms with van der Waals surface area (Å²) in [7, 11) is 0. The molecule has 6 nitrogen and oxygen atoms in total. The van der Waals surface area contributed by atoms with Crippen LogP contribution in [-0.2, 0) is 0 Å². The largest absolute Gasteiger partial charge is 0.269 e. The van der Waals surface area contributed by atoms with Crippen molar-refractivity contribution < 1.29 is 4.92 Å². The molecule has 4 aromatic rings. The number of aromatic nitrogens is 3. The first-order chi connectivity index (χ1) is 13.6. The highest BCUT2D eigenvalue weighted by Crippen LogP contribution is 2.29. The summed E-state index contributed by atoms with van der Waals surface area (Å²) in [6, 6.07) is 21.8. The van der Waals surface area contributed by atoms with E-state index in [1.807, 2.05) is 55.5 Å². The van der Waals surface area contributed by atoms with Crippen molar-refractivity contribution in [2.45, 2.75) is 6.92 Å². The van der Waals surface area contributed by atoms with Gasteiger partial charge in [0.15, 0.2) is 0 Å². The van der Waals surface area contributed by atoms with E-state index in [1.165, 1.54) is 12.1 Å². The van der Waals surface area contributed by atoms with Gasteiger partial charge in [0, 0.05) is 24.0 Å².